The molecule has 41 heavy (non-hydrogen) atoms. The van der Waals surface area contributed by atoms with Crippen molar-refractivity contribution in [3.8, 4) is 5.69 Å². The van der Waals surface area contributed by atoms with Crippen molar-refractivity contribution in [2.45, 2.75) is 63.9 Å². The van der Waals surface area contributed by atoms with Gasteiger partial charge in [-0.05, 0) is 81.2 Å². The lowest BCUT2D eigenvalue weighted by molar-refractivity contribution is -0.115. The highest BCUT2D eigenvalue weighted by atomic mass is 32.2. The van der Waals surface area contributed by atoms with Gasteiger partial charge < -0.3 is 15.4 Å². The van der Waals surface area contributed by atoms with Crippen molar-refractivity contribution in [3.63, 3.8) is 0 Å². The molecule has 0 bridgehead atoms. The van der Waals surface area contributed by atoms with Gasteiger partial charge in [0.2, 0.25) is 5.91 Å². The Bertz CT molecular complexity index is 1590. The third kappa shape index (κ3) is 6.09. The number of thiophene rings is 2. The van der Waals surface area contributed by atoms with Crippen molar-refractivity contribution in [1.82, 2.24) is 20.1 Å². The lowest BCUT2D eigenvalue weighted by Crippen LogP contribution is -2.25. The van der Waals surface area contributed by atoms with Gasteiger partial charge in [0.25, 0.3) is 5.91 Å². The zero-order valence-corrected chi connectivity index (χ0v) is 25.7. The number of hydrogen-bond donors (Lipinski definition) is 2. The molecule has 214 valence electrons. The first-order valence-electron chi connectivity index (χ1n) is 13.4. The number of hydrogen-bond acceptors (Lipinski definition) is 9. The number of amides is 2. The van der Waals surface area contributed by atoms with Crippen molar-refractivity contribution in [3.05, 3.63) is 73.5 Å². The van der Waals surface area contributed by atoms with E-state index in [4.69, 9.17) is 4.74 Å². The number of carbonyl (C=O) groups is 3. The van der Waals surface area contributed by atoms with E-state index in [1.54, 1.807) is 19.9 Å². The number of aryl methyl sites for hydroxylation is 2. The fourth-order valence-electron chi connectivity index (χ4n) is 4.70. The number of thioether (sulfide) groups is 1. The monoisotopic (exact) mass is 609 g/mol. The molecular weight excluding hydrogens is 579 g/mol. The van der Waals surface area contributed by atoms with Crippen LogP contribution < -0.4 is 10.6 Å². The summed E-state index contributed by atoms with van der Waals surface area (Å²) >= 11 is 4.10. The van der Waals surface area contributed by atoms with Gasteiger partial charge in [-0.25, -0.2) is 4.79 Å². The Hall–Kier alpha value is -3.48. The molecular formula is C29H31N5O4S3. The smallest absolute Gasteiger partial charge is 0.341 e. The van der Waals surface area contributed by atoms with Crippen LogP contribution in [0.1, 0.15) is 67.7 Å². The van der Waals surface area contributed by atoms with Gasteiger partial charge in [-0.2, -0.15) is 0 Å². The van der Waals surface area contributed by atoms with Crippen LogP contribution in [0.2, 0.25) is 0 Å². The summed E-state index contributed by atoms with van der Waals surface area (Å²) in [5, 5.41) is 17.1. The number of rotatable bonds is 10. The fraction of sp³-hybridized carbons (Fsp3) is 0.345. The zero-order valence-electron chi connectivity index (χ0n) is 23.3. The third-order valence-corrected chi connectivity index (χ3v) is 10.1. The molecule has 9 nitrogen and oxygen atoms in total. The molecule has 1 aliphatic carbocycles. The Labute approximate surface area is 250 Å². The van der Waals surface area contributed by atoms with Crippen LogP contribution in [0, 0.1) is 13.8 Å². The summed E-state index contributed by atoms with van der Waals surface area (Å²) < 4.78 is 7.20. The Morgan fingerprint density at radius 3 is 2.73 bits per heavy atom. The number of nitrogens with zero attached hydrogens (tertiary/aromatic N) is 3. The number of benzene rings is 1. The maximum absolute atomic E-state index is 13.4. The summed E-state index contributed by atoms with van der Waals surface area (Å²) in [6.45, 7) is 8.07. The maximum Gasteiger partial charge on any atom is 0.341 e. The van der Waals surface area contributed by atoms with Gasteiger partial charge in [0.05, 0.1) is 34.5 Å². The van der Waals surface area contributed by atoms with E-state index in [1.807, 2.05) is 48.1 Å². The van der Waals surface area contributed by atoms with Gasteiger partial charge in [-0.15, -0.1) is 32.9 Å². The minimum absolute atomic E-state index is 0.169. The molecule has 12 heteroatoms. The van der Waals surface area contributed by atoms with Gasteiger partial charge in [-0.3, -0.25) is 14.2 Å². The third-order valence-electron chi connectivity index (χ3n) is 6.96. The normalized spacial score (nSPS) is 13.1. The molecule has 0 unspecified atom stereocenters. The lowest BCUT2D eigenvalue weighted by Gasteiger charge is -2.16. The van der Waals surface area contributed by atoms with Gasteiger partial charge in [-0.1, -0.05) is 30.0 Å². The molecule has 5 rings (SSSR count). The number of carbonyl (C=O) groups excluding carboxylic acids is 3. The van der Waals surface area contributed by atoms with Gasteiger partial charge >= 0.3 is 5.97 Å². The Morgan fingerprint density at radius 2 is 1.98 bits per heavy atom. The molecule has 0 saturated carbocycles. The van der Waals surface area contributed by atoms with Crippen molar-refractivity contribution in [2.75, 3.05) is 11.9 Å². The molecule has 4 aromatic rings. The first-order valence-corrected chi connectivity index (χ1v) is 16.0. The maximum atomic E-state index is 13.4. The van der Waals surface area contributed by atoms with Crippen LogP contribution in [0.5, 0.6) is 0 Å². The van der Waals surface area contributed by atoms with Crippen LogP contribution in [-0.2, 0) is 28.9 Å². The summed E-state index contributed by atoms with van der Waals surface area (Å²) in [6, 6.07) is 9.57. The first kappa shape index (κ1) is 29.0. The predicted molar refractivity (Wildman–Crippen MR) is 163 cm³/mol. The summed E-state index contributed by atoms with van der Waals surface area (Å²) in [6.07, 6.45) is 2.71. The van der Waals surface area contributed by atoms with E-state index in [0.29, 0.717) is 26.4 Å². The number of aromatic nitrogens is 3. The van der Waals surface area contributed by atoms with Crippen molar-refractivity contribution in [1.29, 1.82) is 0 Å². The molecule has 3 heterocycles. The van der Waals surface area contributed by atoms with Gasteiger partial charge in [0.15, 0.2) is 11.0 Å². The van der Waals surface area contributed by atoms with E-state index in [9.17, 15) is 14.4 Å². The minimum Gasteiger partial charge on any atom is -0.462 e. The van der Waals surface area contributed by atoms with E-state index in [1.165, 1.54) is 34.4 Å². The number of esters is 1. The second-order valence-electron chi connectivity index (χ2n) is 9.64. The second kappa shape index (κ2) is 12.6. The first-order chi connectivity index (χ1) is 19.8. The van der Waals surface area contributed by atoms with Crippen LogP contribution in [0.4, 0.5) is 5.00 Å². The van der Waals surface area contributed by atoms with E-state index in [0.717, 1.165) is 46.5 Å². The SMILES string of the molecule is CCOC(=O)c1c(NC(=O)[C@@H](C)Sc2nnc(CNC(=O)c3cccs3)n2-c2cccc(C)c2C)sc2c1CCC2. The average Bonchev–Trinajstić information content (AvgIpc) is 3.74. The van der Waals surface area contributed by atoms with Gasteiger partial charge in [0, 0.05) is 4.88 Å². The highest BCUT2D eigenvalue weighted by Crippen LogP contribution is 2.40. The second-order valence-corrected chi connectivity index (χ2v) is 13.0. The average molecular weight is 610 g/mol. The number of fused-ring (bicyclic) bond motifs is 1. The summed E-state index contributed by atoms with van der Waals surface area (Å²) in [5.74, 6) is -0.273. The predicted octanol–water partition coefficient (Wildman–Crippen LogP) is 5.72. The molecule has 2 amide bonds. The van der Waals surface area contributed by atoms with E-state index in [2.05, 4.69) is 20.8 Å². The van der Waals surface area contributed by atoms with Crippen LogP contribution >= 0.6 is 34.4 Å². The molecule has 2 N–H and O–H groups in total. The largest absolute Gasteiger partial charge is 0.462 e. The standard InChI is InChI=1S/C29H31N5O4S3/c1-5-38-28(37)24-19-10-7-12-21(19)41-27(24)31-25(35)18(4)40-29-33-32-23(15-30-26(36)22-13-8-14-39-22)34(29)20-11-6-9-16(2)17(20)3/h6,8-9,11,13-14,18H,5,7,10,12,15H2,1-4H3,(H,30,36)(H,31,35)/t18-/m1/s1. The van der Waals surface area contributed by atoms with E-state index < -0.39 is 11.2 Å². The molecule has 0 spiro atoms. The molecule has 1 aromatic carbocycles. The summed E-state index contributed by atoms with van der Waals surface area (Å²) in [5.41, 5.74) is 4.50. The van der Waals surface area contributed by atoms with E-state index in [-0.39, 0.29) is 25.0 Å². The topological polar surface area (TPSA) is 115 Å². The number of anilines is 1. The molecule has 0 fully saturated rings. The zero-order chi connectivity index (χ0) is 29.1. The lowest BCUT2D eigenvalue weighted by atomic mass is 10.1. The van der Waals surface area contributed by atoms with Crippen molar-refractivity contribution < 1.29 is 19.1 Å². The molecule has 1 aliphatic rings. The summed E-state index contributed by atoms with van der Waals surface area (Å²) in [4.78, 5) is 40.5. The molecule has 0 radical (unpaired) electrons. The molecule has 0 saturated heterocycles. The Kier molecular flexibility index (Phi) is 8.91. The van der Waals surface area contributed by atoms with Crippen LogP contribution in [0.3, 0.4) is 0 Å². The molecule has 0 aliphatic heterocycles. The highest BCUT2D eigenvalue weighted by molar-refractivity contribution is 8.00. The van der Waals surface area contributed by atoms with Crippen LogP contribution in [0.15, 0.2) is 40.9 Å². The fourth-order valence-corrected chi connectivity index (χ4v) is 7.50. The van der Waals surface area contributed by atoms with Crippen molar-refractivity contribution in [2.24, 2.45) is 0 Å². The van der Waals surface area contributed by atoms with Crippen LogP contribution in [0.25, 0.3) is 5.69 Å². The Morgan fingerprint density at radius 1 is 1.15 bits per heavy atom. The number of ether oxygens (including phenoxy) is 1. The minimum atomic E-state index is -0.552. The highest BCUT2D eigenvalue weighted by Gasteiger charge is 2.30. The van der Waals surface area contributed by atoms with Gasteiger partial charge in [0.1, 0.15) is 5.00 Å². The van der Waals surface area contributed by atoms with E-state index >= 15 is 0 Å². The molecule has 3 aromatic heterocycles. The number of nitrogens with one attached hydrogen (secondary N) is 2. The van der Waals surface area contributed by atoms with Crippen LogP contribution in [-0.4, -0.2) is 44.4 Å². The summed E-state index contributed by atoms with van der Waals surface area (Å²) in [7, 11) is 0. The quantitative estimate of drug-likeness (QED) is 0.175. The van der Waals surface area contributed by atoms with Crippen molar-refractivity contribution >= 4 is 57.2 Å². The Balaban J connectivity index is 1.39. The molecule has 1 atom stereocenters.